The van der Waals surface area contributed by atoms with Gasteiger partial charge in [0.25, 0.3) is 0 Å². The Balaban J connectivity index is 1.14. The van der Waals surface area contributed by atoms with Gasteiger partial charge in [-0.1, -0.05) is 140 Å². The van der Waals surface area contributed by atoms with E-state index in [-0.39, 0.29) is 0 Å². The second kappa shape index (κ2) is 11.2. The number of benzene rings is 7. The van der Waals surface area contributed by atoms with E-state index in [4.69, 9.17) is 14.4 Å². The molecule has 0 spiro atoms. The van der Waals surface area contributed by atoms with Gasteiger partial charge < -0.3 is 4.42 Å². The molecule has 0 atom stereocenters. The van der Waals surface area contributed by atoms with Gasteiger partial charge in [0.05, 0.1) is 11.2 Å². The van der Waals surface area contributed by atoms with E-state index in [1.165, 1.54) is 22.3 Å². The van der Waals surface area contributed by atoms with E-state index in [0.717, 1.165) is 60.8 Å². The standard InChI is InChI=1S/C44H28N2O/c1-3-11-29(12-4-1)30-21-23-31(24-22-30)33-15-9-16-34(27-33)35-17-10-18-36(28-35)44-45-38-25-26-40-41(37-19-7-8-20-39(37)47-40)42(38)43(46-44)32-13-5-2-6-14-32/h1-28H. The zero-order chi connectivity index (χ0) is 31.2. The third kappa shape index (κ3) is 4.86. The van der Waals surface area contributed by atoms with E-state index < -0.39 is 0 Å². The van der Waals surface area contributed by atoms with Crippen molar-refractivity contribution in [2.45, 2.75) is 0 Å². The maximum atomic E-state index is 6.24. The molecule has 0 bridgehead atoms. The zero-order valence-corrected chi connectivity index (χ0v) is 25.5. The molecule has 3 nitrogen and oxygen atoms in total. The Morgan fingerprint density at radius 2 is 0.872 bits per heavy atom. The number of nitrogens with zero attached hydrogens (tertiary/aromatic N) is 2. The molecule has 0 saturated heterocycles. The van der Waals surface area contributed by atoms with Crippen LogP contribution < -0.4 is 0 Å². The molecule has 47 heavy (non-hydrogen) atoms. The molecule has 0 radical (unpaired) electrons. The number of para-hydroxylation sites is 1. The molecule has 0 saturated carbocycles. The Bertz CT molecular complexity index is 2550. The van der Waals surface area contributed by atoms with Crippen molar-refractivity contribution in [3.63, 3.8) is 0 Å². The molecular weight excluding hydrogens is 572 g/mol. The fraction of sp³-hybridized carbons (Fsp3) is 0. The van der Waals surface area contributed by atoms with Crippen molar-refractivity contribution in [1.82, 2.24) is 9.97 Å². The number of hydrogen-bond donors (Lipinski definition) is 0. The second-order valence-electron chi connectivity index (χ2n) is 11.8. The first-order valence-electron chi connectivity index (χ1n) is 15.8. The third-order valence-electron chi connectivity index (χ3n) is 8.89. The highest BCUT2D eigenvalue weighted by molar-refractivity contribution is 6.21. The summed E-state index contributed by atoms with van der Waals surface area (Å²) in [5.74, 6) is 0.693. The van der Waals surface area contributed by atoms with Gasteiger partial charge in [0.1, 0.15) is 11.2 Å². The first-order chi connectivity index (χ1) is 23.3. The summed E-state index contributed by atoms with van der Waals surface area (Å²) >= 11 is 0. The van der Waals surface area contributed by atoms with Crippen LogP contribution in [-0.4, -0.2) is 9.97 Å². The maximum Gasteiger partial charge on any atom is 0.160 e. The van der Waals surface area contributed by atoms with Crippen molar-refractivity contribution in [2.75, 3.05) is 0 Å². The summed E-state index contributed by atoms with van der Waals surface area (Å²) in [6, 6.07) is 59.1. The highest BCUT2D eigenvalue weighted by Crippen LogP contribution is 2.39. The summed E-state index contributed by atoms with van der Waals surface area (Å²) in [6.45, 7) is 0. The van der Waals surface area contributed by atoms with E-state index in [0.29, 0.717) is 5.82 Å². The van der Waals surface area contributed by atoms with Crippen molar-refractivity contribution in [1.29, 1.82) is 0 Å². The lowest BCUT2D eigenvalue weighted by atomic mass is 9.96. The van der Waals surface area contributed by atoms with E-state index >= 15 is 0 Å². The number of fused-ring (bicyclic) bond motifs is 5. The number of furan rings is 1. The Kier molecular flexibility index (Phi) is 6.46. The van der Waals surface area contributed by atoms with Gasteiger partial charge in [-0.15, -0.1) is 0 Å². The van der Waals surface area contributed by atoms with Crippen LogP contribution in [0, 0.1) is 0 Å². The predicted octanol–water partition coefficient (Wildman–Crippen LogP) is 11.9. The molecule has 9 rings (SSSR count). The normalized spacial score (nSPS) is 11.4. The predicted molar refractivity (Wildman–Crippen MR) is 194 cm³/mol. The number of aromatic nitrogens is 2. The first-order valence-corrected chi connectivity index (χ1v) is 15.8. The Morgan fingerprint density at radius 3 is 1.60 bits per heavy atom. The molecule has 0 unspecified atom stereocenters. The van der Waals surface area contributed by atoms with E-state index in [1.54, 1.807) is 0 Å². The zero-order valence-electron chi connectivity index (χ0n) is 25.5. The van der Waals surface area contributed by atoms with Crippen LogP contribution in [0.3, 0.4) is 0 Å². The molecule has 9 aromatic rings. The van der Waals surface area contributed by atoms with Crippen LogP contribution in [0.1, 0.15) is 0 Å². The maximum absolute atomic E-state index is 6.24. The van der Waals surface area contributed by atoms with E-state index in [1.807, 2.05) is 42.5 Å². The van der Waals surface area contributed by atoms with E-state index in [9.17, 15) is 0 Å². The van der Waals surface area contributed by atoms with Crippen LogP contribution in [0.25, 0.3) is 88.9 Å². The molecule has 0 aliphatic carbocycles. The molecular formula is C44H28N2O. The average molecular weight is 601 g/mol. The van der Waals surface area contributed by atoms with Gasteiger partial charge in [-0.2, -0.15) is 0 Å². The van der Waals surface area contributed by atoms with Crippen molar-refractivity contribution in [2.24, 2.45) is 0 Å². The van der Waals surface area contributed by atoms with E-state index in [2.05, 4.69) is 127 Å². The quantitative estimate of drug-likeness (QED) is 0.197. The SMILES string of the molecule is c1ccc(-c2ccc(-c3cccc(-c4cccc(-c5nc(-c6ccccc6)c6c(ccc7oc8ccccc8c76)n5)c4)c3)cc2)cc1. The topological polar surface area (TPSA) is 38.9 Å². The van der Waals surface area contributed by atoms with Crippen LogP contribution in [-0.2, 0) is 0 Å². The lowest BCUT2D eigenvalue weighted by Crippen LogP contribution is -1.96. The second-order valence-corrected chi connectivity index (χ2v) is 11.8. The van der Waals surface area contributed by atoms with Gasteiger partial charge in [-0.05, 0) is 63.7 Å². The van der Waals surface area contributed by atoms with Gasteiger partial charge in [0, 0.05) is 27.3 Å². The van der Waals surface area contributed by atoms with Gasteiger partial charge in [0.15, 0.2) is 5.82 Å². The van der Waals surface area contributed by atoms with Crippen molar-refractivity contribution in [3.8, 4) is 56.0 Å². The minimum atomic E-state index is 0.693. The highest BCUT2D eigenvalue weighted by Gasteiger charge is 2.18. The van der Waals surface area contributed by atoms with Crippen LogP contribution in [0.4, 0.5) is 0 Å². The minimum Gasteiger partial charge on any atom is -0.456 e. The molecule has 7 aromatic carbocycles. The van der Waals surface area contributed by atoms with Crippen molar-refractivity contribution >= 4 is 32.8 Å². The van der Waals surface area contributed by atoms with Gasteiger partial charge in [-0.3, -0.25) is 0 Å². The first kappa shape index (κ1) is 27.0. The number of hydrogen-bond acceptors (Lipinski definition) is 3. The van der Waals surface area contributed by atoms with Crippen molar-refractivity contribution < 1.29 is 4.42 Å². The molecule has 0 N–H and O–H groups in total. The lowest BCUT2D eigenvalue weighted by molar-refractivity contribution is 0.669. The minimum absolute atomic E-state index is 0.693. The molecule has 0 aliphatic heterocycles. The summed E-state index contributed by atoms with van der Waals surface area (Å²) < 4.78 is 6.24. The Labute approximate surface area is 272 Å². The van der Waals surface area contributed by atoms with Gasteiger partial charge in [-0.25, -0.2) is 9.97 Å². The fourth-order valence-corrected chi connectivity index (χ4v) is 6.58. The highest BCUT2D eigenvalue weighted by atomic mass is 16.3. The molecule has 0 fully saturated rings. The molecule has 0 aliphatic rings. The summed E-state index contributed by atoms with van der Waals surface area (Å²) in [5.41, 5.74) is 12.6. The summed E-state index contributed by atoms with van der Waals surface area (Å²) in [5, 5.41) is 3.12. The molecule has 220 valence electrons. The third-order valence-corrected chi connectivity index (χ3v) is 8.89. The van der Waals surface area contributed by atoms with Gasteiger partial charge in [0.2, 0.25) is 0 Å². The average Bonchev–Trinajstić information content (AvgIpc) is 3.54. The Morgan fingerprint density at radius 1 is 0.340 bits per heavy atom. The number of rotatable bonds is 5. The summed E-state index contributed by atoms with van der Waals surface area (Å²) in [6.07, 6.45) is 0. The Hall–Kier alpha value is -6.32. The lowest BCUT2D eigenvalue weighted by Gasteiger charge is -2.12. The molecule has 2 aromatic heterocycles. The van der Waals surface area contributed by atoms with Crippen LogP contribution in [0.2, 0.25) is 0 Å². The largest absolute Gasteiger partial charge is 0.456 e. The van der Waals surface area contributed by atoms with Crippen LogP contribution >= 0.6 is 0 Å². The molecule has 3 heteroatoms. The summed E-state index contributed by atoms with van der Waals surface area (Å²) in [4.78, 5) is 10.4. The molecule has 2 heterocycles. The fourth-order valence-electron chi connectivity index (χ4n) is 6.58. The van der Waals surface area contributed by atoms with Crippen LogP contribution in [0.5, 0.6) is 0 Å². The smallest absolute Gasteiger partial charge is 0.160 e. The molecule has 0 amide bonds. The monoisotopic (exact) mass is 600 g/mol. The van der Waals surface area contributed by atoms with Gasteiger partial charge >= 0.3 is 0 Å². The van der Waals surface area contributed by atoms with Crippen molar-refractivity contribution in [3.05, 3.63) is 170 Å². The summed E-state index contributed by atoms with van der Waals surface area (Å²) in [7, 11) is 0. The van der Waals surface area contributed by atoms with Crippen LogP contribution in [0.15, 0.2) is 174 Å².